The zero-order valence-electron chi connectivity index (χ0n) is 22.6. The van der Waals surface area contributed by atoms with Crippen LogP contribution in [0.5, 0.6) is 0 Å². The van der Waals surface area contributed by atoms with Crippen LogP contribution in [0.25, 0.3) is 16.9 Å². The number of carbonyl (C=O) groups is 1. The van der Waals surface area contributed by atoms with Gasteiger partial charge in [-0.25, -0.2) is 9.97 Å². The fraction of sp³-hybridized carbons (Fsp3) is 0.357. The smallest absolute Gasteiger partial charge is 0.242 e. The lowest BCUT2D eigenvalue weighted by atomic mass is 10.0. The zero-order chi connectivity index (χ0) is 27.5. The molecule has 0 saturated carbocycles. The SMILES string of the molecule is Cc1cn2c(-c3cnn(CC(=O)NCc4ccccn4)c3)cnc2c(Nc2cc(CN3CCCC(C)C3)ns2)n1. The number of nitrogens with zero attached hydrogens (tertiary/aromatic N) is 8. The fourth-order valence-corrected chi connectivity index (χ4v) is 5.76. The number of anilines is 2. The van der Waals surface area contributed by atoms with Crippen LogP contribution < -0.4 is 10.6 Å². The highest BCUT2D eigenvalue weighted by atomic mass is 32.1. The summed E-state index contributed by atoms with van der Waals surface area (Å²) in [6.07, 6.45) is 11.6. The largest absolute Gasteiger partial charge is 0.349 e. The van der Waals surface area contributed by atoms with Crippen molar-refractivity contribution in [2.24, 2.45) is 5.92 Å². The fourth-order valence-electron chi connectivity index (χ4n) is 5.10. The van der Waals surface area contributed by atoms with Gasteiger partial charge in [-0.05, 0) is 62.0 Å². The summed E-state index contributed by atoms with van der Waals surface area (Å²) in [6.45, 7) is 7.90. The summed E-state index contributed by atoms with van der Waals surface area (Å²) in [7, 11) is 0. The van der Waals surface area contributed by atoms with Crippen LogP contribution in [0.3, 0.4) is 0 Å². The first-order chi connectivity index (χ1) is 19.5. The van der Waals surface area contributed by atoms with Gasteiger partial charge in [0.1, 0.15) is 11.5 Å². The van der Waals surface area contributed by atoms with Gasteiger partial charge in [0.25, 0.3) is 0 Å². The maximum absolute atomic E-state index is 12.4. The summed E-state index contributed by atoms with van der Waals surface area (Å²) in [4.78, 5) is 28.6. The molecule has 5 aromatic rings. The van der Waals surface area contributed by atoms with E-state index in [1.807, 2.05) is 41.9 Å². The number of piperidine rings is 1. The Morgan fingerprint density at radius 1 is 1.18 bits per heavy atom. The third-order valence-corrected chi connectivity index (χ3v) is 7.71. The number of imidazole rings is 1. The molecule has 5 aromatic heterocycles. The molecular weight excluding hydrogens is 524 g/mol. The van der Waals surface area contributed by atoms with Gasteiger partial charge < -0.3 is 10.6 Å². The zero-order valence-corrected chi connectivity index (χ0v) is 23.4. The van der Waals surface area contributed by atoms with Crippen molar-refractivity contribution in [2.45, 2.75) is 46.3 Å². The van der Waals surface area contributed by atoms with Gasteiger partial charge in [-0.3, -0.25) is 23.8 Å². The third-order valence-electron chi connectivity index (χ3n) is 6.97. The molecule has 1 amide bonds. The minimum absolute atomic E-state index is 0.112. The first-order valence-corrected chi connectivity index (χ1v) is 14.3. The van der Waals surface area contributed by atoms with E-state index in [4.69, 9.17) is 4.98 Å². The van der Waals surface area contributed by atoms with E-state index >= 15 is 0 Å². The van der Waals surface area contributed by atoms with Crippen molar-refractivity contribution in [1.29, 1.82) is 0 Å². The van der Waals surface area contributed by atoms with Crippen molar-refractivity contribution in [1.82, 2.24) is 43.7 Å². The lowest BCUT2D eigenvalue weighted by molar-refractivity contribution is -0.122. The highest BCUT2D eigenvalue weighted by molar-refractivity contribution is 7.10. The molecule has 1 saturated heterocycles. The van der Waals surface area contributed by atoms with E-state index in [2.05, 4.69) is 48.0 Å². The molecule has 0 aromatic carbocycles. The van der Waals surface area contributed by atoms with Crippen LogP contribution in [0.4, 0.5) is 10.8 Å². The Bertz CT molecular complexity index is 1610. The maximum atomic E-state index is 12.4. The number of hydrogen-bond donors (Lipinski definition) is 2. The second-order valence-corrected chi connectivity index (χ2v) is 11.2. The second kappa shape index (κ2) is 11.5. The standard InChI is InChI=1S/C28H32N10OS/c1-19-6-5-9-36(14-19)17-23-10-26(40-35-23)34-27-28-31-13-24(38(28)15-20(2)33-27)21-11-32-37(16-21)18-25(39)30-12-22-7-3-4-8-29-22/h3-4,7-8,10-11,13,15-16,19H,5-6,9,12,14,17-18H2,1-2H3,(H,30,39)(H,33,34). The summed E-state index contributed by atoms with van der Waals surface area (Å²) in [5.74, 6) is 1.28. The van der Waals surface area contributed by atoms with Crippen molar-refractivity contribution in [3.8, 4) is 11.3 Å². The topological polar surface area (TPSA) is 118 Å². The molecule has 1 aliphatic heterocycles. The number of rotatable bonds is 9. The van der Waals surface area contributed by atoms with E-state index in [-0.39, 0.29) is 12.5 Å². The Labute approximate surface area is 236 Å². The van der Waals surface area contributed by atoms with Gasteiger partial charge in [0, 0.05) is 37.2 Å². The Balaban J connectivity index is 1.14. The van der Waals surface area contributed by atoms with Crippen molar-refractivity contribution in [3.63, 3.8) is 0 Å². The molecular formula is C28H32N10OS. The molecule has 1 atom stereocenters. The number of fused-ring (bicyclic) bond motifs is 1. The van der Waals surface area contributed by atoms with Gasteiger partial charge in [-0.15, -0.1) is 0 Å². The monoisotopic (exact) mass is 556 g/mol. The Kier molecular flexibility index (Phi) is 7.51. The van der Waals surface area contributed by atoms with E-state index in [1.54, 1.807) is 23.3 Å². The number of aromatic nitrogens is 7. The predicted octanol–water partition coefficient (Wildman–Crippen LogP) is 4.04. The van der Waals surface area contributed by atoms with Gasteiger partial charge in [-0.2, -0.15) is 9.47 Å². The van der Waals surface area contributed by atoms with Gasteiger partial charge in [-0.1, -0.05) is 13.0 Å². The lowest BCUT2D eigenvalue weighted by Gasteiger charge is -2.30. The minimum atomic E-state index is -0.135. The van der Waals surface area contributed by atoms with E-state index in [0.717, 1.165) is 58.9 Å². The van der Waals surface area contributed by atoms with Gasteiger partial charge in [0.05, 0.1) is 41.7 Å². The van der Waals surface area contributed by atoms with E-state index < -0.39 is 0 Å². The molecule has 11 nitrogen and oxygen atoms in total. The molecule has 0 bridgehead atoms. The van der Waals surface area contributed by atoms with Crippen molar-refractivity contribution < 1.29 is 4.79 Å². The first kappa shape index (κ1) is 26.1. The average Bonchev–Trinajstić information content (AvgIpc) is 3.68. The van der Waals surface area contributed by atoms with Crippen LogP contribution in [0.15, 0.2) is 55.2 Å². The highest BCUT2D eigenvalue weighted by Gasteiger charge is 2.18. The van der Waals surface area contributed by atoms with E-state index in [1.165, 1.54) is 24.4 Å². The number of nitrogens with one attached hydrogen (secondary N) is 2. The maximum Gasteiger partial charge on any atom is 0.242 e. The van der Waals surface area contributed by atoms with E-state index in [9.17, 15) is 4.79 Å². The number of aryl methyl sites for hydroxylation is 1. The van der Waals surface area contributed by atoms with E-state index in [0.29, 0.717) is 18.0 Å². The molecule has 40 heavy (non-hydrogen) atoms. The molecule has 206 valence electrons. The van der Waals surface area contributed by atoms with Gasteiger partial charge in [0.15, 0.2) is 11.5 Å². The number of pyridine rings is 1. The molecule has 6 heterocycles. The number of carbonyl (C=O) groups excluding carboxylic acids is 1. The van der Waals surface area contributed by atoms with Crippen LogP contribution in [-0.4, -0.2) is 57.4 Å². The minimum Gasteiger partial charge on any atom is -0.349 e. The predicted molar refractivity (Wildman–Crippen MR) is 154 cm³/mol. The molecule has 1 unspecified atom stereocenters. The van der Waals surface area contributed by atoms with Gasteiger partial charge in [0.2, 0.25) is 5.91 Å². The summed E-state index contributed by atoms with van der Waals surface area (Å²) >= 11 is 1.44. The summed E-state index contributed by atoms with van der Waals surface area (Å²) < 4.78 is 8.31. The molecule has 0 aliphatic carbocycles. The molecule has 2 N–H and O–H groups in total. The summed E-state index contributed by atoms with van der Waals surface area (Å²) in [5, 5.41) is 11.7. The van der Waals surface area contributed by atoms with Crippen LogP contribution >= 0.6 is 11.5 Å². The van der Waals surface area contributed by atoms with Crippen molar-refractivity contribution >= 4 is 33.9 Å². The first-order valence-electron chi connectivity index (χ1n) is 13.5. The van der Waals surface area contributed by atoms with Crippen molar-refractivity contribution in [3.05, 3.63) is 72.3 Å². The molecule has 12 heteroatoms. The van der Waals surface area contributed by atoms with Crippen molar-refractivity contribution in [2.75, 3.05) is 18.4 Å². The average molecular weight is 557 g/mol. The van der Waals surface area contributed by atoms with Crippen LogP contribution in [-0.2, 0) is 24.4 Å². The van der Waals surface area contributed by atoms with Crippen LogP contribution in [0.2, 0.25) is 0 Å². The third kappa shape index (κ3) is 6.02. The Morgan fingerprint density at radius 3 is 2.95 bits per heavy atom. The molecule has 0 spiro atoms. The summed E-state index contributed by atoms with van der Waals surface area (Å²) in [6, 6.07) is 7.73. The van der Waals surface area contributed by atoms with Gasteiger partial charge >= 0.3 is 0 Å². The number of amides is 1. The van der Waals surface area contributed by atoms with Crippen LogP contribution in [0.1, 0.15) is 36.8 Å². The number of likely N-dealkylation sites (tertiary alicyclic amines) is 1. The molecule has 1 aliphatic rings. The second-order valence-electron chi connectivity index (χ2n) is 10.4. The van der Waals surface area contributed by atoms with Crippen LogP contribution in [0, 0.1) is 12.8 Å². The highest BCUT2D eigenvalue weighted by Crippen LogP contribution is 2.28. The molecule has 0 radical (unpaired) electrons. The normalized spacial score (nSPS) is 15.9. The summed E-state index contributed by atoms with van der Waals surface area (Å²) in [5.41, 5.74) is 5.17. The Morgan fingerprint density at radius 2 is 2.10 bits per heavy atom. The number of hydrogen-bond acceptors (Lipinski definition) is 9. The Hall–Kier alpha value is -4.16. The lowest BCUT2D eigenvalue weighted by Crippen LogP contribution is -2.33. The molecule has 6 rings (SSSR count). The molecule has 1 fully saturated rings. The quantitative estimate of drug-likeness (QED) is 0.279.